The van der Waals surface area contributed by atoms with Gasteiger partial charge >= 0.3 is 12.1 Å². The molecule has 0 spiro atoms. The lowest BCUT2D eigenvalue weighted by Gasteiger charge is -3.09. The molecule has 1 heterocycles. The number of carbonyl (C=O) groups is 1. The Morgan fingerprint density at radius 1 is 1.21 bits per heavy atom. The van der Waals surface area contributed by atoms with Crippen LogP contribution in [0.25, 0.3) is 0 Å². The van der Waals surface area contributed by atoms with Gasteiger partial charge in [-0.3, -0.25) is 4.79 Å². The Morgan fingerprint density at radius 3 is 2.17 bits per heavy atom. The van der Waals surface area contributed by atoms with Crippen LogP contribution in [0, 0.1) is 40.9 Å². The second-order valence-electron chi connectivity index (χ2n) is 8.46. The summed E-state index contributed by atoms with van der Waals surface area (Å²) in [7, 11) is 1.43. The molecule has 1 aromatic rings. The highest BCUT2D eigenvalue weighted by Gasteiger charge is 3.12. The summed E-state index contributed by atoms with van der Waals surface area (Å²) in [6.07, 6.45) is -3.25. The average Bonchev–Trinajstić information content (AvgIpc) is 2.99. The van der Waals surface area contributed by atoms with Crippen LogP contribution >= 0.6 is 0 Å². The zero-order valence-corrected chi connectivity index (χ0v) is 13.5. The number of hydrogen-bond acceptors (Lipinski definition) is 3. The Kier molecular flexibility index (Phi) is 1.87. The monoisotopic (exact) mass is 338 g/mol. The number of aromatic nitrogens is 2. The van der Waals surface area contributed by atoms with Gasteiger partial charge in [0.15, 0.2) is 5.69 Å². The Morgan fingerprint density at radius 2 is 1.75 bits per heavy atom. The number of rotatable bonds is 3. The van der Waals surface area contributed by atoms with Crippen molar-refractivity contribution in [3.05, 3.63) is 17.7 Å². The first kappa shape index (κ1) is 13.7. The molecule has 0 atom stereocenters. The highest BCUT2D eigenvalue weighted by Crippen LogP contribution is 3.09. The minimum Gasteiger partial charge on any atom is -0.469 e. The molecule has 24 heavy (non-hydrogen) atoms. The third kappa shape index (κ3) is 0.869. The van der Waals surface area contributed by atoms with Gasteiger partial charge in [0.25, 0.3) is 0 Å². The zero-order valence-electron chi connectivity index (χ0n) is 13.5. The fourth-order valence-electron chi connectivity index (χ4n) is 7.80. The minimum atomic E-state index is -4.42. The molecule has 0 N–H and O–H groups in total. The van der Waals surface area contributed by atoms with E-state index >= 15 is 0 Å². The average molecular weight is 338 g/mol. The van der Waals surface area contributed by atoms with Crippen molar-refractivity contribution < 1.29 is 22.7 Å². The van der Waals surface area contributed by atoms with E-state index in [2.05, 4.69) is 4.98 Å². The molecule has 6 saturated carbocycles. The molecular formula is C17H17F3N2O2. The van der Waals surface area contributed by atoms with E-state index in [9.17, 15) is 18.0 Å². The molecule has 0 bridgehead atoms. The van der Waals surface area contributed by atoms with E-state index in [1.807, 2.05) is 13.8 Å². The number of methoxy groups -OCH3 is 1. The van der Waals surface area contributed by atoms with Crippen LogP contribution in [-0.2, 0) is 21.1 Å². The predicted molar refractivity (Wildman–Crippen MR) is 74.7 cm³/mol. The molecule has 128 valence electrons. The predicted octanol–water partition coefficient (Wildman–Crippen LogP) is 2.65. The lowest BCUT2D eigenvalue weighted by Crippen LogP contribution is -3.12. The van der Waals surface area contributed by atoms with Crippen molar-refractivity contribution in [2.75, 3.05) is 7.11 Å². The quantitative estimate of drug-likeness (QED) is 0.796. The van der Waals surface area contributed by atoms with Crippen LogP contribution in [0.3, 0.4) is 0 Å². The van der Waals surface area contributed by atoms with Crippen molar-refractivity contribution in [2.45, 2.75) is 31.5 Å². The van der Waals surface area contributed by atoms with Gasteiger partial charge in [0.2, 0.25) is 0 Å². The summed E-state index contributed by atoms with van der Waals surface area (Å²) >= 11 is 0. The first-order chi connectivity index (χ1) is 11.2. The van der Waals surface area contributed by atoms with Gasteiger partial charge in [-0.05, 0) is 49.4 Å². The first-order valence-electron chi connectivity index (χ1n) is 8.50. The number of imidazole rings is 1. The van der Waals surface area contributed by atoms with Gasteiger partial charge in [0.1, 0.15) is 5.82 Å². The van der Waals surface area contributed by atoms with E-state index in [4.69, 9.17) is 4.74 Å². The topological polar surface area (TPSA) is 44.1 Å². The first-order valence-corrected chi connectivity index (χ1v) is 8.50. The van der Waals surface area contributed by atoms with Crippen LogP contribution in [0.5, 0.6) is 0 Å². The van der Waals surface area contributed by atoms with Crippen LogP contribution < -0.4 is 0 Å². The highest BCUT2D eigenvalue weighted by atomic mass is 19.4. The Balaban J connectivity index is 1.42. The van der Waals surface area contributed by atoms with Crippen LogP contribution in [0.1, 0.15) is 31.4 Å². The second-order valence-corrected chi connectivity index (χ2v) is 8.46. The summed E-state index contributed by atoms with van der Waals surface area (Å²) in [5.74, 6) is 2.55. The van der Waals surface area contributed by atoms with E-state index in [1.165, 1.54) is 7.11 Å². The Bertz CT molecular complexity index is 771. The molecule has 0 amide bonds. The van der Waals surface area contributed by atoms with E-state index in [1.54, 1.807) is 4.57 Å². The van der Waals surface area contributed by atoms with Crippen molar-refractivity contribution >= 4 is 5.97 Å². The summed E-state index contributed by atoms with van der Waals surface area (Å²) in [4.78, 5) is 16.2. The maximum Gasteiger partial charge on any atom is 0.434 e. The fourth-order valence-corrected chi connectivity index (χ4v) is 7.80. The number of halogens is 3. The van der Waals surface area contributed by atoms with E-state index in [0.717, 1.165) is 6.20 Å². The van der Waals surface area contributed by atoms with Crippen molar-refractivity contribution in [3.63, 3.8) is 0 Å². The maximum atomic E-state index is 13.1. The zero-order chi connectivity index (χ0) is 17.0. The van der Waals surface area contributed by atoms with Crippen LogP contribution in [0.4, 0.5) is 13.2 Å². The largest absolute Gasteiger partial charge is 0.469 e. The molecule has 6 fully saturated rings. The molecule has 0 aliphatic heterocycles. The normalized spacial score (nSPS) is 51.0. The molecule has 0 saturated heterocycles. The van der Waals surface area contributed by atoms with E-state index in [-0.39, 0.29) is 22.8 Å². The molecule has 7 rings (SSSR count). The fraction of sp³-hybridized carbons (Fsp3) is 0.765. The SMILES string of the molecule is COC(=O)C12C3C4C1C1C2C3C41c1nc(C(F)(F)F)cn1C(C)C. The molecule has 6 aliphatic rings. The molecule has 6 aliphatic carbocycles. The van der Waals surface area contributed by atoms with Gasteiger partial charge in [0.05, 0.1) is 12.5 Å². The third-order valence-corrected chi connectivity index (χ3v) is 8.14. The van der Waals surface area contributed by atoms with Crippen LogP contribution in [0.15, 0.2) is 6.20 Å². The second kappa shape index (κ2) is 3.27. The van der Waals surface area contributed by atoms with Crippen molar-refractivity contribution in [1.29, 1.82) is 0 Å². The summed E-state index contributed by atoms with van der Waals surface area (Å²) in [5.41, 5.74) is -1.23. The molecule has 0 unspecified atom stereocenters. The van der Waals surface area contributed by atoms with Gasteiger partial charge in [-0.15, -0.1) is 0 Å². The van der Waals surface area contributed by atoms with Crippen LogP contribution in [0.2, 0.25) is 0 Å². The van der Waals surface area contributed by atoms with E-state index < -0.39 is 11.9 Å². The molecular weight excluding hydrogens is 321 g/mol. The number of alkyl halides is 3. The van der Waals surface area contributed by atoms with Crippen molar-refractivity contribution in [1.82, 2.24) is 9.55 Å². The van der Waals surface area contributed by atoms with Crippen molar-refractivity contribution in [2.24, 2.45) is 40.9 Å². The van der Waals surface area contributed by atoms with Crippen molar-refractivity contribution in [3.8, 4) is 0 Å². The van der Waals surface area contributed by atoms with Crippen LogP contribution in [-0.4, -0.2) is 22.6 Å². The summed E-state index contributed by atoms with van der Waals surface area (Å²) in [5, 5.41) is 0. The van der Waals surface area contributed by atoms with Gasteiger partial charge < -0.3 is 9.30 Å². The number of ether oxygens (including phenoxy) is 1. The summed E-state index contributed by atoms with van der Waals surface area (Å²) < 4.78 is 46.2. The Hall–Kier alpha value is -1.53. The highest BCUT2D eigenvalue weighted by molar-refractivity contribution is 5.89. The summed E-state index contributed by atoms with van der Waals surface area (Å²) in [6, 6.07) is -0.0567. The maximum absolute atomic E-state index is 13.1. The number of esters is 1. The number of nitrogens with zero attached hydrogens (tertiary/aromatic N) is 2. The molecule has 0 radical (unpaired) electrons. The lowest BCUT2D eigenvalue weighted by molar-refractivity contribution is -0.614. The lowest BCUT2D eigenvalue weighted by atomic mass is 8.92. The molecule has 4 nitrogen and oxygen atoms in total. The van der Waals surface area contributed by atoms with Gasteiger partial charge in [-0.2, -0.15) is 13.2 Å². The van der Waals surface area contributed by atoms with Gasteiger partial charge in [0, 0.05) is 17.7 Å². The minimum absolute atomic E-state index is 0.0567. The third-order valence-electron chi connectivity index (χ3n) is 8.14. The van der Waals surface area contributed by atoms with E-state index in [0.29, 0.717) is 41.3 Å². The molecule has 7 heteroatoms. The summed E-state index contributed by atoms with van der Waals surface area (Å²) in [6.45, 7) is 3.78. The smallest absolute Gasteiger partial charge is 0.434 e. The number of carbonyl (C=O) groups excluding carboxylic acids is 1. The molecule has 1 aromatic heterocycles. The standard InChI is InChI=1S/C17H17F3N2O2/c1-5(2)22-4-6(17(18,19)20)21-13(22)15-7-10-8(15)12-9(15)11(7)16(10,12)14(23)24-3/h4-5,7-12H,1-3H3. The molecule has 0 aromatic carbocycles. The Labute approximate surface area is 136 Å². The van der Waals surface area contributed by atoms with Gasteiger partial charge in [-0.1, -0.05) is 0 Å². The number of hydrogen-bond donors (Lipinski definition) is 0. The van der Waals surface area contributed by atoms with Gasteiger partial charge in [-0.25, -0.2) is 4.98 Å².